The van der Waals surface area contributed by atoms with Gasteiger partial charge in [-0.05, 0) is 25.8 Å². The van der Waals surface area contributed by atoms with Crippen molar-refractivity contribution in [3.63, 3.8) is 0 Å². The van der Waals surface area contributed by atoms with Crippen molar-refractivity contribution in [2.75, 3.05) is 25.5 Å². The van der Waals surface area contributed by atoms with Gasteiger partial charge in [0.25, 0.3) is 0 Å². The Hall–Kier alpha value is -0.130. The molecule has 0 aromatic carbocycles. The van der Waals surface area contributed by atoms with Crippen LogP contribution in [0.1, 0.15) is 46.0 Å². The molecule has 0 aliphatic carbocycles. The highest BCUT2D eigenvalue weighted by Crippen LogP contribution is 2.18. The Morgan fingerprint density at radius 3 is 2.67 bits per heavy atom. The second kappa shape index (κ2) is 8.12. The Kier molecular flexibility index (Phi) is 7.19. The summed E-state index contributed by atoms with van der Waals surface area (Å²) in [6, 6.07) is 0.0744. The maximum Gasteiger partial charge on any atom is 0.156 e. The van der Waals surface area contributed by atoms with Crippen LogP contribution in [0.3, 0.4) is 0 Å². The minimum atomic E-state index is -3.02. The summed E-state index contributed by atoms with van der Waals surface area (Å²) in [4.78, 5) is 0. The minimum absolute atomic E-state index is 0.0744. The van der Waals surface area contributed by atoms with Crippen LogP contribution in [0.2, 0.25) is 0 Å². The summed E-state index contributed by atoms with van der Waals surface area (Å²) in [5, 5.41) is 3.01. The molecule has 0 aromatic heterocycles. The summed E-state index contributed by atoms with van der Waals surface area (Å²) in [6.45, 7) is 6.09. The molecule has 0 spiro atoms. The molecule has 0 aromatic rings. The topological polar surface area (TPSA) is 55.4 Å². The summed E-state index contributed by atoms with van der Waals surface area (Å²) >= 11 is 0. The van der Waals surface area contributed by atoms with Crippen LogP contribution in [0, 0.1) is 0 Å². The third-order valence-electron chi connectivity index (χ3n) is 3.45. The molecule has 1 fully saturated rings. The van der Waals surface area contributed by atoms with Gasteiger partial charge < -0.3 is 10.1 Å². The van der Waals surface area contributed by atoms with Gasteiger partial charge in [0.2, 0.25) is 0 Å². The van der Waals surface area contributed by atoms with Crippen LogP contribution in [-0.4, -0.2) is 45.2 Å². The summed E-state index contributed by atoms with van der Waals surface area (Å²) < 4.78 is 30.0. The molecule has 1 heterocycles. The average molecular weight is 277 g/mol. The molecule has 0 amide bonds. The van der Waals surface area contributed by atoms with Crippen LogP contribution in [0.15, 0.2) is 0 Å². The van der Waals surface area contributed by atoms with Crippen LogP contribution in [0.4, 0.5) is 0 Å². The van der Waals surface area contributed by atoms with E-state index in [1.165, 1.54) is 0 Å². The largest absolute Gasteiger partial charge is 0.380 e. The molecule has 1 rings (SSSR count). The standard InChI is InChI=1S/C13H27NO3S/c1-3-5-6-10-18(15,16)13-11-17-9-7-12(13)14-8-4-2/h12-14H,3-11H2,1-2H3. The number of rotatable bonds is 8. The highest BCUT2D eigenvalue weighted by atomic mass is 32.2. The van der Waals surface area contributed by atoms with E-state index in [-0.39, 0.29) is 11.3 Å². The van der Waals surface area contributed by atoms with Crippen LogP contribution in [-0.2, 0) is 14.6 Å². The molecular weight excluding hydrogens is 250 g/mol. The number of hydrogen-bond donors (Lipinski definition) is 1. The lowest BCUT2D eigenvalue weighted by atomic mass is 10.1. The summed E-state index contributed by atoms with van der Waals surface area (Å²) in [6.07, 6.45) is 4.64. The second-order valence-corrected chi connectivity index (χ2v) is 7.38. The van der Waals surface area contributed by atoms with E-state index in [4.69, 9.17) is 4.74 Å². The molecule has 0 bridgehead atoms. The fourth-order valence-electron chi connectivity index (χ4n) is 2.33. The predicted octanol–water partition coefficient (Wildman–Crippen LogP) is 1.75. The second-order valence-electron chi connectivity index (χ2n) is 5.04. The molecule has 5 heteroatoms. The van der Waals surface area contributed by atoms with Crippen molar-refractivity contribution in [3.8, 4) is 0 Å². The van der Waals surface area contributed by atoms with Gasteiger partial charge in [-0.15, -0.1) is 0 Å². The monoisotopic (exact) mass is 277 g/mol. The Labute approximate surface area is 111 Å². The third kappa shape index (κ3) is 4.86. The van der Waals surface area contributed by atoms with Gasteiger partial charge in [0.1, 0.15) is 0 Å². The van der Waals surface area contributed by atoms with E-state index in [1.54, 1.807) is 0 Å². The molecule has 108 valence electrons. The molecule has 18 heavy (non-hydrogen) atoms. The van der Waals surface area contributed by atoms with Gasteiger partial charge in [-0.1, -0.05) is 26.7 Å². The van der Waals surface area contributed by atoms with Gasteiger partial charge in [0.05, 0.1) is 17.6 Å². The van der Waals surface area contributed by atoms with Crippen molar-refractivity contribution in [2.45, 2.75) is 57.2 Å². The molecule has 1 aliphatic rings. The van der Waals surface area contributed by atoms with E-state index < -0.39 is 9.84 Å². The molecule has 2 unspecified atom stereocenters. The van der Waals surface area contributed by atoms with Crippen molar-refractivity contribution >= 4 is 9.84 Å². The summed E-state index contributed by atoms with van der Waals surface area (Å²) in [7, 11) is -3.02. The first-order valence-corrected chi connectivity index (χ1v) is 8.86. The third-order valence-corrected chi connectivity index (χ3v) is 5.70. The van der Waals surface area contributed by atoms with Crippen LogP contribution in [0.5, 0.6) is 0 Å². The zero-order chi connectivity index (χ0) is 13.4. The first-order chi connectivity index (χ1) is 8.61. The number of nitrogens with one attached hydrogen (secondary N) is 1. The maximum atomic E-state index is 12.3. The van der Waals surface area contributed by atoms with Crippen molar-refractivity contribution in [2.24, 2.45) is 0 Å². The number of unbranched alkanes of at least 4 members (excludes halogenated alkanes) is 2. The zero-order valence-corrected chi connectivity index (χ0v) is 12.5. The van der Waals surface area contributed by atoms with Crippen LogP contribution < -0.4 is 5.32 Å². The van der Waals surface area contributed by atoms with E-state index in [0.717, 1.165) is 38.6 Å². The fourth-order valence-corrected chi connectivity index (χ4v) is 4.28. The minimum Gasteiger partial charge on any atom is -0.380 e. The number of sulfone groups is 1. The van der Waals surface area contributed by atoms with Crippen molar-refractivity contribution < 1.29 is 13.2 Å². The van der Waals surface area contributed by atoms with Crippen molar-refractivity contribution in [3.05, 3.63) is 0 Å². The summed E-state index contributed by atoms with van der Waals surface area (Å²) in [5.74, 6) is 0.305. The van der Waals surface area contributed by atoms with E-state index in [2.05, 4.69) is 19.2 Å². The summed E-state index contributed by atoms with van der Waals surface area (Å²) in [5.41, 5.74) is 0. The van der Waals surface area contributed by atoms with Crippen molar-refractivity contribution in [1.29, 1.82) is 0 Å². The maximum absolute atomic E-state index is 12.3. The van der Waals surface area contributed by atoms with Crippen LogP contribution >= 0.6 is 0 Å². The Balaban J connectivity index is 2.57. The van der Waals surface area contributed by atoms with Gasteiger partial charge in [0, 0.05) is 12.6 Å². The SMILES string of the molecule is CCCCCS(=O)(=O)C1COCCC1NCCC. The average Bonchev–Trinajstić information content (AvgIpc) is 2.37. The highest BCUT2D eigenvalue weighted by Gasteiger charge is 2.35. The normalized spacial score (nSPS) is 25.2. The molecule has 1 saturated heterocycles. The molecule has 0 saturated carbocycles. The first-order valence-electron chi connectivity index (χ1n) is 7.14. The van der Waals surface area contributed by atoms with Crippen molar-refractivity contribution in [1.82, 2.24) is 5.32 Å². The predicted molar refractivity (Wildman–Crippen MR) is 74.6 cm³/mol. The van der Waals surface area contributed by atoms with E-state index in [9.17, 15) is 8.42 Å². The lowest BCUT2D eigenvalue weighted by Gasteiger charge is -2.32. The molecule has 1 aliphatic heterocycles. The first kappa shape index (κ1) is 15.9. The highest BCUT2D eigenvalue weighted by molar-refractivity contribution is 7.92. The lowest BCUT2D eigenvalue weighted by molar-refractivity contribution is 0.0808. The molecule has 0 radical (unpaired) electrons. The fraction of sp³-hybridized carbons (Fsp3) is 1.00. The van der Waals surface area contributed by atoms with E-state index in [1.807, 2.05) is 0 Å². The van der Waals surface area contributed by atoms with Crippen LogP contribution in [0.25, 0.3) is 0 Å². The molecule has 2 atom stereocenters. The van der Waals surface area contributed by atoms with Gasteiger partial charge >= 0.3 is 0 Å². The Morgan fingerprint density at radius 2 is 2.00 bits per heavy atom. The zero-order valence-electron chi connectivity index (χ0n) is 11.7. The molecule has 1 N–H and O–H groups in total. The quantitative estimate of drug-likeness (QED) is 0.687. The van der Waals surface area contributed by atoms with Gasteiger partial charge in [-0.2, -0.15) is 0 Å². The number of ether oxygens (including phenoxy) is 1. The Bertz CT molecular complexity index is 316. The lowest BCUT2D eigenvalue weighted by Crippen LogP contribution is -2.51. The van der Waals surface area contributed by atoms with Gasteiger partial charge in [-0.3, -0.25) is 0 Å². The molecular formula is C13H27NO3S. The van der Waals surface area contributed by atoms with Gasteiger partial charge in [0.15, 0.2) is 9.84 Å². The number of hydrogen-bond acceptors (Lipinski definition) is 4. The smallest absolute Gasteiger partial charge is 0.156 e. The molecule has 4 nitrogen and oxygen atoms in total. The van der Waals surface area contributed by atoms with Gasteiger partial charge in [-0.25, -0.2) is 8.42 Å². The van der Waals surface area contributed by atoms with E-state index >= 15 is 0 Å². The van der Waals surface area contributed by atoms with E-state index in [0.29, 0.717) is 19.0 Å². The Morgan fingerprint density at radius 1 is 1.22 bits per heavy atom.